The zero-order valence-electron chi connectivity index (χ0n) is 11.3. The molecule has 0 N–H and O–H groups in total. The summed E-state index contributed by atoms with van der Waals surface area (Å²) in [6, 6.07) is 7.03. The lowest BCUT2D eigenvalue weighted by atomic mass is 9.94. The molecule has 100 valence electrons. The molecule has 0 aromatic heterocycles. The van der Waals surface area contributed by atoms with Crippen LogP contribution in [0.2, 0.25) is 0 Å². The van der Waals surface area contributed by atoms with Gasteiger partial charge in [-0.15, -0.1) is 5.92 Å². The minimum absolute atomic E-state index is 0.371. The fourth-order valence-electron chi connectivity index (χ4n) is 2.41. The number of benzene rings is 1. The first-order valence-corrected chi connectivity index (χ1v) is 7.90. The molecule has 0 saturated heterocycles. The standard InChI is InChI=1S/C16H18O2S/c1-3-11-16(12-5-4-6-13-16)19(17,18)15-9-7-14(2)8-10-15/h4-5,7-10H,6,12-13H2,1-2H3. The van der Waals surface area contributed by atoms with Gasteiger partial charge >= 0.3 is 0 Å². The summed E-state index contributed by atoms with van der Waals surface area (Å²) in [4.78, 5) is 0.371. The Bertz CT molecular complexity index is 642. The third-order valence-electron chi connectivity index (χ3n) is 3.53. The van der Waals surface area contributed by atoms with Gasteiger partial charge in [-0.1, -0.05) is 35.8 Å². The summed E-state index contributed by atoms with van der Waals surface area (Å²) in [6.07, 6.45) is 5.77. The van der Waals surface area contributed by atoms with Crippen molar-refractivity contribution in [3.05, 3.63) is 42.0 Å². The maximum absolute atomic E-state index is 12.9. The smallest absolute Gasteiger partial charge is 0.195 e. The Morgan fingerprint density at radius 3 is 2.37 bits per heavy atom. The molecule has 19 heavy (non-hydrogen) atoms. The van der Waals surface area contributed by atoms with Crippen molar-refractivity contribution in [1.82, 2.24) is 0 Å². The lowest BCUT2D eigenvalue weighted by Gasteiger charge is -2.29. The van der Waals surface area contributed by atoms with Gasteiger partial charge in [-0.2, -0.15) is 0 Å². The van der Waals surface area contributed by atoms with Crippen LogP contribution in [0.4, 0.5) is 0 Å². The van der Waals surface area contributed by atoms with Gasteiger partial charge in [0.05, 0.1) is 4.90 Å². The van der Waals surface area contributed by atoms with Crippen LogP contribution < -0.4 is 0 Å². The highest BCUT2D eigenvalue weighted by molar-refractivity contribution is 7.93. The summed E-state index contributed by atoms with van der Waals surface area (Å²) in [5.41, 5.74) is 1.05. The topological polar surface area (TPSA) is 34.1 Å². The van der Waals surface area contributed by atoms with E-state index < -0.39 is 14.6 Å². The molecule has 0 radical (unpaired) electrons. The number of aryl methyl sites for hydroxylation is 1. The second-order valence-electron chi connectivity index (χ2n) is 4.90. The van der Waals surface area contributed by atoms with Crippen molar-refractivity contribution in [3.8, 4) is 11.8 Å². The van der Waals surface area contributed by atoms with Crippen LogP contribution in [0.25, 0.3) is 0 Å². The molecule has 1 aliphatic carbocycles. The molecule has 0 heterocycles. The van der Waals surface area contributed by atoms with E-state index in [2.05, 4.69) is 11.8 Å². The van der Waals surface area contributed by atoms with E-state index in [0.717, 1.165) is 12.0 Å². The van der Waals surface area contributed by atoms with Gasteiger partial charge in [0.15, 0.2) is 9.84 Å². The molecule has 1 atom stereocenters. The maximum Gasteiger partial charge on any atom is 0.195 e. The van der Waals surface area contributed by atoms with Crippen molar-refractivity contribution >= 4 is 9.84 Å². The fourth-order valence-corrected chi connectivity index (χ4v) is 4.29. The molecule has 0 bridgehead atoms. The highest BCUT2D eigenvalue weighted by atomic mass is 32.2. The number of hydrogen-bond acceptors (Lipinski definition) is 2. The van der Waals surface area contributed by atoms with Crippen molar-refractivity contribution in [2.75, 3.05) is 0 Å². The van der Waals surface area contributed by atoms with Crippen LogP contribution in [-0.2, 0) is 9.84 Å². The number of rotatable bonds is 2. The molecule has 1 unspecified atom stereocenters. The number of hydrogen-bond donors (Lipinski definition) is 0. The van der Waals surface area contributed by atoms with Crippen LogP contribution in [-0.4, -0.2) is 13.2 Å². The molecule has 0 spiro atoms. The SMILES string of the molecule is CC#CC1(S(=O)(=O)c2ccc(C)cc2)CC=CCC1. The summed E-state index contributed by atoms with van der Waals surface area (Å²) in [7, 11) is -3.43. The Morgan fingerprint density at radius 2 is 1.84 bits per heavy atom. The van der Waals surface area contributed by atoms with Crippen LogP contribution >= 0.6 is 0 Å². The largest absolute Gasteiger partial charge is 0.222 e. The molecule has 0 saturated carbocycles. The molecule has 0 fully saturated rings. The van der Waals surface area contributed by atoms with Gasteiger partial charge in [-0.3, -0.25) is 0 Å². The summed E-state index contributed by atoms with van der Waals surface area (Å²) in [5, 5.41) is 0. The second kappa shape index (κ2) is 5.22. The zero-order valence-corrected chi connectivity index (χ0v) is 12.1. The van der Waals surface area contributed by atoms with Crippen LogP contribution in [0.5, 0.6) is 0 Å². The lowest BCUT2D eigenvalue weighted by Crippen LogP contribution is -2.38. The quantitative estimate of drug-likeness (QED) is 0.612. The van der Waals surface area contributed by atoms with Gasteiger partial charge in [0.2, 0.25) is 0 Å². The van der Waals surface area contributed by atoms with E-state index in [1.165, 1.54) is 0 Å². The molecular weight excluding hydrogens is 256 g/mol. The van der Waals surface area contributed by atoms with Crippen LogP contribution in [0, 0.1) is 18.8 Å². The Balaban J connectivity index is 2.54. The van der Waals surface area contributed by atoms with Crippen molar-refractivity contribution in [2.45, 2.75) is 42.8 Å². The normalized spacial score (nSPS) is 22.6. The molecule has 0 amide bonds. The molecule has 2 nitrogen and oxygen atoms in total. The lowest BCUT2D eigenvalue weighted by molar-refractivity contribution is 0.535. The maximum atomic E-state index is 12.9. The summed E-state index contributed by atoms with van der Waals surface area (Å²) >= 11 is 0. The van der Waals surface area contributed by atoms with Crippen LogP contribution in [0.1, 0.15) is 31.7 Å². The van der Waals surface area contributed by atoms with E-state index in [-0.39, 0.29) is 0 Å². The first kappa shape index (κ1) is 13.9. The Kier molecular flexibility index (Phi) is 3.82. The predicted molar refractivity (Wildman–Crippen MR) is 77.5 cm³/mol. The third kappa shape index (κ3) is 2.46. The van der Waals surface area contributed by atoms with Crippen molar-refractivity contribution in [2.24, 2.45) is 0 Å². The summed E-state index contributed by atoms with van der Waals surface area (Å²) in [6.45, 7) is 3.64. The zero-order chi connectivity index (χ0) is 13.9. The molecule has 3 heteroatoms. The number of allylic oxidation sites excluding steroid dienone is 2. The average molecular weight is 274 g/mol. The first-order valence-electron chi connectivity index (χ1n) is 6.42. The van der Waals surface area contributed by atoms with E-state index in [1.54, 1.807) is 19.1 Å². The first-order chi connectivity index (χ1) is 9.02. The minimum atomic E-state index is -3.43. The van der Waals surface area contributed by atoms with E-state index >= 15 is 0 Å². The van der Waals surface area contributed by atoms with E-state index in [1.807, 2.05) is 31.2 Å². The van der Waals surface area contributed by atoms with E-state index in [0.29, 0.717) is 17.7 Å². The Hall–Kier alpha value is -1.53. The molecule has 2 rings (SSSR count). The second-order valence-corrected chi connectivity index (χ2v) is 7.16. The van der Waals surface area contributed by atoms with Crippen molar-refractivity contribution in [1.29, 1.82) is 0 Å². The van der Waals surface area contributed by atoms with Crippen molar-refractivity contribution in [3.63, 3.8) is 0 Å². The Labute approximate surface area is 115 Å². The highest BCUT2D eigenvalue weighted by Crippen LogP contribution is 2.36. The summed E-state index contributed by atoms with van der Waals surface area (Å²) in [5.74, 6) is 5.76. The van der Waals surface area contributed by atoms with Gasteiger partial charge in [0.25, 0.3) is 0 Å². The molecular formula is C16H18O2S. The van der Waals surface area contributed by atoms with Gasteiger partial charge in [0, 0.05) is 0 Å². The third-order valence-corrected chi connectivity index (χ3v) is 5.92. The average Bonchev–Trinajstić information content (AvgIpc) is 2.40. The van der Waals surface area contributed by atoms with Crippen LogP contribution in [0.15, 0.2) is 41.3 Å². The Morgan fingerprint density at radius 1 is 1.16 bits per heavy atom. The van der Waals surface area contributed by atoms with Gasteiger partial charge < -0.3 is 0 Å². The van der Waals surface area contributed by atoms with Gasteiger partial charge in [0.1, 0.15) is 4.75 Å². The molecule has 0 aliphatic heterocycles. The minimum Gasteiger partial charge on any atom is -0.222 e. The van der Waals surface area contributed by atoms with Crippen molar-refractivity contribution < 1.29 is 8.42 Å². The fraction of sp³-hybridized carbons (Fsp3) is 0.375. The highest BCUT2D eigenvalue weighted by Gasteiger charge is 2.42. The van der Waals surface area contributed by atoms with Gasteiger partial charge in [-0.05, 0) is 45.2 Å². The molecule has 1 aliphatic rings. The molecule has 1 aromatic carbocycles. The number of sulfone groups is 1. The summed E-state index contributed by atoms with van der Waals surface area (Å²) < 4.78 is 24.8. The van der Waals surface area contributed by atoms with E-state index in [4.69, 9.17) is 0 Å². The van der Waals surface area contributed by atoms with Gasteiger partial charge in [-0.25, -0.2) is 8.42 Å². The predicted octanol–water partition coefficient (Wildman–Crippen LogP) is 3.27. The van der Waals surface area contributed by atoms with E-state index in [9.17, 15) is 8.42 Å². The van der Waals surface area contributed by atoms with Crippen LogP contribution in [0.3, 0.4) is 0 Å². The monoisotopic (exact) mass is 274 g/mol. The molecule has 1 aromatic rings.